The number of esters is 1. The number of nitro benzene ring substituents is 1. The molecule has 0 amide bonds. The molecule has 172 valence electrons. The maximum absolute atomic E-state index is 12.9. The van der Waals surface area contributed by atoms with E-state index in [0.29, 0.717) is 18.8 Å². The summed E-state index contributed by atoms with van der Waals surface area (Å²) in [6.45, 7) is 0.914. The molecule has 33 heavy (non-hydrogen) atoms. The summed E-state index contributed by atoms with van der Waals surface area (Å²) in [4.78, 5) is 23.3. The molecule has 1 fully saturated rings. The van der Waals surface area contributed by atoms with Crippen LogP contribution >= 0.6 is 0 Å². The topological polar surface area (TPSA) is 87.9 Å². The van der Waals surface area contributed by atoms with Crippen LogP contribution in [-0.2, 0) is 9.47 Å². The van der Waals surface area contributed by atoms with E-state index in [1.54, 1.807) is 7.11 Å². The van der Waals surface area contributed by atoms with Gasteiger partial charge >= 0.3 is 5.97 Å². The van der Waals surface area contributed by atoms with E-state index in [1.165, 1.54) is 24.3 Å². The van der Waals surface area contributed by atoms with Crippen molar-refractivity contribution in [3.63, 3.8) is 0 Å². The molecule has 3 aromatic rings. The molecule has 0 bridgehead atoms. The Morgan fingerprint density at radius 1 is 1.00 bits per heavy atom. The molecule has 0 heterocycles. The highest BCUT2D eigenvalue weighted by atomic mass is 16.6. The van der Waals surface area contributed by atoms with Gasteiger partial charge in [0.2, 0.25) is 0 Å². The van der Waals surface area contributed by atoms with Gasteiger partial charge in [0.1, 0.15) is 18.5 Å². The highest BCUT2D eigenvalue weighted by Crippen LogP contribution is 2.43. The van der Waals surface area contributed by atoms with E-state index in [4.69, 9.17) is 14.2 Å². The summed E-state index contributed by atoms with van der Waals surface area (Å²) in [5.74, 6) is 0.308. The normalized spacial score (nSPS) is 18.1. The number of carbonyl (C=O) groups is 1. The van der Waals surface area contributed by atoms with Gasteiger partial charge in [-0.25, -0.2) is 4.79 Å². The van der Waals surface area contributed by atoms with Gasteiger partial charge in [0, 0.05) is 30.7 Å². The fourth-order valence-corrected chi connectivity index (χ4v) is 4.51. The number of nitrogens with zero attached hydrogens (tertiary/aromatic N) is 1. The van der Waals surface area contributed by atoms with Crippen LogP contribution in [0.2, 0.25) is 0 Å². The molecule has 0 aliphatic heterocycles. The standard InChI is InChI=1S/C26H27NO6/c1-31-16-17-32-24-15-12-18-6-2-3-7-21(18)25(24)22-8-4-5-9-23(22)33-26(28)19-10-13-20(14-11-19)27(29)30/h2-3,6-7,10-15,22-23H,4-5,8-9,16-17H2,1H3/t22-,23+/m0/s1. The Balaban J connectivity index is 1.64. The summed E-state index contributed by atoms with van der Waals surface area (Å²) >= 11 is 0. The Morgan fingerprint density at radius 3 is 2.52 bits per heavy atom. The molecule has 0 N–H and O–H groups in total. The SMILES string of the molecule is COCCOc1ccc2ccccc2c1[C@H]1CCCC[C@H]1OC(=O)c1ccc([N+](=O)[O-])cc1. The molecular weight excluding hydrogens is 422 g/mol. The van der Waals surface area contributed by atoms with Crippen molar-refractivity contribution in [3.05, 3.63) is 81.9 Å². The number of hydrogen-bond donors (Lipinski definition) is 0. The molecular formula is C26H27NO6. The number of rotatable bonds is 8. The van der Waals surface area contributed by atoms with Gasteiger partial charge in [0.05, 0.1) is 17.1 Å². The number of ether oxygens (including phenoxy) is 3. The average molecular weight is 450 g/mol. The molecule has 0 unspecified atom stereocenters. The minimum atomic E-state index is -0.488. The number of fused-ring (bicyclic) bond motifs is 1. The molecule has 7 heteroatoms. The minimum absolute atomic E-state index is 0.00982. The van der Waals surface area contributed by atoms with E-state index in [0.717, 1.165) is 47.8 Å². The quantitative estimate of drug-likeness (QED) is 0.191. The van der Waals surface area contributed by atoms with Crippen molar-refractivity contribution in [1.29, 1.82) is 0 Å². The van der Waals surface area contributed by atoms with Crippen LogP contribution in [-0.4, -0.2) is 37.3 Å². The summed E-state index contributed by atoms with van der Waals surface area (Å²) in [6, 6.07) is 17.7. The molecule has 7 nitrogen and oxygen atoms in total. The van der Waals surface area contributed by atoms with Crippen LogP contribution in [0, 0.1) is 10.1 Å². The third kappa shape index (κ3) is 5.14. The smallest absolute Gasteiger partial charge is 0.338 e. The first kappa shape index (κ1) is 22.7. The lowest BCUT2D eigenvalue weighted by molar-refractivity contribution is -0.384. The number of nitro groups is 1. The Morgan fingerprint density at radius 2 is 1.76 bits per heavy atom. The molecule has 0 aromatic heterocycles. The van der Waals surface area contributed by atoms with E-state index in [9.17, 15) is 14.9 Å². The number of non-ortho nitro benzene ring substituents is 1. The molecule has 2 atom stereocenters. The number of benzene rings is 3. The van der Waals surface area contributed by atoms with Gasteiger partial charge in [-0.1, -0.05) is 36.8 Å². The van der Waals surface area contributed by atoms with Crippen LogP contribution in [0.1, 0.15) is 47.5 Å². The van der Waals surface area contributed by atoms with Crippen molar-refractivity contribution in [2.24, 2.45) is 0 Å². The predicted octanol–water partition coefficient (Wildman–Crippen LogP) is 5.66. The minimum Gasteiger partial charge on any atom is -0.491 e. The second-order valence-electron chi connectivity index (χ2n) is 8.18. The second-order valence-corrected chi connectivity index (χ2v) is 8.18. The molecule has 1 aliphatic rings. The van der Waals surface area contributed by atoms with Crippen LogP contribution < -0.4 is 4.74 Å². The average Bonchev–Trinajstić information content (AvgIpc) is 2.84. The molecule has 1 saturated carbocycles. The third-order valence-corrected chi connectivity index (χ3v) is 6.12. The first-order valence-corrected chi connectivity index (χ1v) is 11.2. The highest BCUT2D eigenvalue weighted by Gasteiger charge is 2.33. The number of hydrogen-bond acceptors (Lipinski definition) is 6. The molecule has 0 spiro atoms. The van der Waals surface area contributed by atoms with Crippen molar-refractivity contribution >= 4 is 22.4 Å². The van der Waals surface area contributed by atoms with E-state index in [-0.39, 0.29) is 17.7 Å². The van der Waals surface area contributed by atoms with Gasteiger partial charge in [0.15, 0.2) is 0 Å². The lowest BCUT2D eigenvalue weighted by Gasteiger charge is -2.33. The monoisotopic (exact) mass is 449 g/mol. The third-order valence-electron chi connectivity index (χ3n) is 6.12. The lowest BCUT2D eigenvalue weighted by Crippen LogP contribution is -2.29. The maximum atomic E-state index is 12.9. The summed E-state index contributed by atoms with van der Waals surface area (Å²) in [5, 5.41) is 13.1. The van der Waals surface area contributed by atoms with Gasteiger partial charge in [0.25, 0.3) is 5.69 Å². The summed E-state index contributed by atoms with van der Waals surface area (Å²) < 4.78 is 17.2. The van der Waals surface area contributed by atoms with Gasteiger partial charge in [-0.05, 0) is 48.2 Å². The van der Waals surface area contributed by atoms with Crippen LogP contribution in [0.5, 0.6) is 5.75 Å². The van der Waals surface area contributed by atoms with Crippen molar-refractivity contribution in [2.75, 3.05) is 20.3 Å². The van der Waals surface area contributed by atoms with E-state index < -0.39 is 10.9 Å². The zero-order chi connectivity index (χ0) is 23.2. The van der Waals surface area contributed by atoms with Gasteiger partial charge in [-0.15, -0.1) is 0 Å². The van der Waals surface area contributed by atoms with E-state index in [2.05, 4.69) is 12.1 Å². The van der Waals surface area contributed by atoms with Crippen LogP contribution in [0.25, 0.3) is 10.8 Å². The Bertz CT molecular complexity index is 1130. The van der Waals surface area contributed by atoms with Crippen LogP contribution in [0.15, 0.2) is 60.7 Å². The predicted molar refractivity (Wildman–Crippen MR) is 125 cm³/mol. The molecule has 0 radical (unpaired) electrons. The Kier molecular flexibility index (Phi) is 7.19. The maximum Gasteiger partial charge on any atom is 0.338 e. The van der Waals surface area contributed by atoms with E-state index >= 15 is 0 Å². The highest BCUT2D eigenvalue weighted by molar-refractivity contribution is 5.90. The Labute approximate surface area is 192 Å². The van der Waals surface area contributed by atoms with Crippen LogP contribution in [0.3, 0.4) is 0 Å². The number of methoxy groups -OCH3 is 1. The van der Waals surface area contributed by atoms with Crippen molar-refractivity contribution in [1.82, 2.24) is 0 Å². The first-order chi connectivity index (χ1) is 16.1. The van der Waals surface area contributed by atoms with Gasteiger partial charge in [-0.3, -0.25) is 10.1 Å². The summed E-state index contributed by atoms with van der Waals surface area (Å²) in [7, 11) is 1.64. The molecule has 1 aliphatic carbocycles. The zero-order valence-electron chi connectivity index (χ0n) is 18.6. The largest absolute Gasteiger partial charge is 0.491 e. The first-order valence-electron chi connectivity index (χ1n) is 11.2. The van der Waals surface area contributed by atoms with Crippen molar-refractivity contribution in [3.8, 4) is 5.75 Å². The second kappa shape index (κ2) is 10.4. The summed E-state index contributed by atoms with van der Waals surface area (Å²) in [6.07, 6.45) is 3.34. The molecule has 0 saturated heterocycles. The van der Waals surface area contributed by atoms with Gasteiger partial charge < -0.3 is 14.2 Å². The van der Waals surface area contributed by atoms with Crippen molar-refractivity contribution < 1.29 is 23.9 Å². The summed E-state index contributed by atoms with van der Waals surface area (Å²) in [5.41, 5.74) is 1.31. The lowest BCUT2D eigenvalue weighted by atomic mass is 9.79. The molecule has 3 aromatic carbocycles. The van der Waals surface area contributed by atoms with Crippen molar-refractivity contribution in [2.45, 2.75) is 37.7 Å². The fraction of sp³-hybridized carbons (Fsp3) is 0.346. The Hall–Kier alpha value is -3.45. The van der Waals surface area contributed by atoms with Crippen LogP contribution in [0.4, 0.5) is 5.69 Å². The van der Waals surface area contributed by atoms with E-state index in [1.807, 2.05) is 24.3 Å². The number of carbonyl (C=O) groups excluding carboxylic acids is 1. The zero-order valence-corrected chi connectivity index (χ0v) is 18.6. The van der Waals surface area contributed by atoms with Gasteiger partial charge in [-0.2, -0.15) is 0 Å². The molecule has 4 rings (SSSR count). The fourth-order valence-electron chi connectivity index (χ4n) is 4.51.